The lowest BCUT2D eigenvalue weighted by atomic mass is 9.84. The van der Waals surface area contributed by atoms with Crippen LogP contribution in [0.15, 0.2) is 5.16 Å². The third-order valence-corrected chi connectivity index (χ3v) is 2.12. The number of hydrogen-bond acceptors (Lipinski definition) is 3. The van der Waals surface area contributed by atoms with Crippen molar-refractivity contribution in [2.24, 2.45) is 10.6 Å². The Bertz CT molecular complexity index is 205. The van der Waals surface area contributed by atoms with Gasteiger partial charge in [0.1, 0.15) is 0 Å². The quantitative estimate of drug-likeness (QED) is 0.650. The molecule has 3 heteroatoms. The van der Waals surface area contributed by atoms with E-state index >= 15 is 0 Å². The normalized spacial score (nSPS) is 29.9. The summed E-state index contributed by atoms with van der Waals surface area (Å²) in [4.78, 5) is 5.17. The fourth-order valence-electron chi connectivity index (χ4n) is 1.07. The van der Waals surface area contributed by atoms with E-state index in [4.69, 9.17) is 9.94 Å². The van der Waals surface area contributed by atoms with Crippen LogP contribution in [-0.2, 0) is 4.84 Å². The van der Waals surface area contributed by atoms with E-state index in [0.29, 0.717) is 0 Å². The van der Waals surface area contributed by atoms with Gasteiger partial charge in [-0.1, -0.05) is 25.9 Å². The highest BCUT2D eigenvalue weighted by Crippen LogP contribution is 2.31. The van der Waals surface area contributed by atoms with E-state index in [-0.39, 0.29) is 12.0 Å². The Kier molecular flexibility index (Phi) is 2.17. The average molecular weight is 171 g/mol. The van der Waals surface area contributed by atoms with E-state index in [1.54, 1.807) is 0 Å². The van der Waals surface area contributed by atoms with Crippen molar-refractivity contribution in [3.63, 3.8) is 0 Å². The Labute approximate surface area is 73.4 Å². The van der Waals surface area contributed by atoms with E-state index < -0.39 is 5.60 Å². The van der Waals surface area contributed by atoms with Crippen molar-refractivity contribution in [1.82, 2.24) is 0 Å². The number of aliphatic hydroxyl groups excluding tert-OH is 1. The summed E-state index contributed by atoms with van der Waals surface area (Å²) in [5.41, 5.74) is 0.592. The summed E-state index contributed by atoms with van der Waals surface area (Å²) in [5, 5.41) is 13.0. The van der Waals surface area contributed by atoms with Gasteiger partial charge in [-0.2, -0.15) is 0 Å². The van der Waals surface area contributed by atoms with Gasteiger partial charge in [0.05, 0.1) is 12.3 Å². The van der Waals surface area contributed by atoms with Crippen molar-refractivity contribution < 1.29 is 9.94 Å². The molecular formula is C9H17NO2. The monoisotopic (exact) mass is 171 g/mol. The zero-order valence-electron chi connectivity index (χ0n) is 8.22. The molecule has 0 aromatic heterocycles. The fourth-order valence-corrected chi connectivity index (χ4v) is 1.07. The van der Waals surface area contributed by atoms with Crippen molar-refractivity contribution in [3.05, 3.63) is 0 Å². The van der Waals surface area contributed by atoms with Crippen molar-refractivity contribution in [3.8, 4) is 0 Å². The van der Waals surface area contributed by atoms with Gasteiger partial charge < -0.3 is 9.94 Å². The van der Waals surface area contributed by atoms with E-state index in [9.17, 15) is 0 Å². The standard InChI is InChI=1S/C9H17NO2/c1-8(2,3)7-5-9(4,6-11)12-10-7/h11H,5-6H2,1-4H3. The fraction of sp³-hybridized carbons (Fsp3) is 0.889. The highest BCUT2D eigenvalue weighted by atomic mass is 16.7. The smallest absolute Gasteiger partial charge is 0.163 e. The molecule has 1 atom stereocenters. The van der Waals surface area contributed by atoms with Gasteiger partial charge in [-0.25, -0.2) is 0 Å². The second-order valence-corrected chi connectivity index (χ2v) is 4.66. The van der Waals surface area contributed by atoms with Crippen LogP contribution in [-0.4, -0.2) is 23.0 Å². The lowest BCUT2D eigenvalue weighted by Gasteiger charge is -2.20. The molecule has 12 heavy (non-hydrogen) atoms. The van der Waals surface area contributed by atoms with Gasteiger partial charge >= 0.3 is 0 Å². The molecule has 0 aromatic rings. The average Bonchev–Trinajstić information content (AvgIpc) is 2.32. The third-order valence-electron chi connectivity index (χ3n) is 2.12. The minimum absolute atomic E-state index is 0.0239. The van der Waals surface area contributed by atoms with Gasteiger partial charge in [-0.3, -0.25) is 0 Å². The Balaban J connectivity index is 2.66. The molecule has 0 radical (unpaired) electrons. The lowest BCUT2D eigenvalue weighted by Crippen LogP contribution is -2.31. The van der Waals surface area contributed by atoms with Crippen molar-refractivity contribution in [2.75, 3.05) is 6.61 Å². The minimum Gasteiger partial charge on any atom is -0.392 e. The molecule has 0 saturated heterocycles. The van der Waals surface area contributed by atoms with Crippen LogP contribution in [0.4, 0.5) is 0 Å². The number of hydrogen-bond donors (Lipinski definition) is 1. The second kappa shape index (κ2) is 2.73. The SMILES string of the molecule is CC1(CO)CC(C(C)(C)C)=NO1. The summed E-state index contributed by atoms with van der Waals surface area (Å²) in [5.74, 6) is 0. The summed E-state index contributed by atoms with van der Waals surface area (Å²) < 4.78 is 0. The van der Waals surface area contributed by atoms with Crippen LogP contribution in [0.5, 0.6) is 0 Å². The molecule has 3 nitrogen and oxygen atoms in total. The summed E-state index contributed by atoms with van der Waals surface area (Å²) in [6.45, 7) is 8.18. The minimum atomic E-state index is -0.484. The summed E-state index contributed by atoms with van der Waals surface area (Å²) in [6.07, 6.45) is 0.729. The molecule has 1 rings (SSSR count). The van der Waals surface area contributed by atoms with Crippen LogP contribution >= 0.6 is 0 Å². The molecule has 0 bridgehead atoms. The first kappa shape index (κ1) is 9.52. The Morgan fingerprint density at radius 1 is 1.58 bits per heavy atom. The van der Waals surface area contributed by atoms with Gasteiger partial charge in [0, 0.05) is 11.8 Å². The number of rotatable bonds is 1. The molecule has 1 aliphatic heterocycles. The van der Waals surface area contributed by atoms with Crippen molar-refractivity contribution in [1.29, 1.82) is 0 Å². The summed E-state index contributed by atoms with van der Waals surface area (Å²) in [6, 6.07) is 0. The lowest BCUT2D eigenvalue weighted by molar-refractivity contribution is -0.0428. The van der Waals surface area contributed by atoms with Crippen LogP contribution < -0.4 is 0 Å². The van der Waals surface area contributed by atoms with E-state index in [1.165, 1.54) is 0 Å². The molecule has 1 N–H and O–H groups in total. The topological polar surface area (TPSA) is 41.8 Å². The molecule has 1 heterocycles. The van der Waals surface area contributed by atoms with Gasteiger partial charge in [0.15, 0.2) is 5.60 Å². The Hall–Kier alpha value is -0.570. The maximum absolute atomic E-state index is 9.01. The zero-order valence-corrected chi connectivity index (χ0v) is 8.22. The van der Waals surface area contributed by atoms with E-state index in [0.717, 1.165) is 12.1 Å². The summed E-state index contributed by atoms with van der Waals surface area (Å²) in [7, 11) is 0. The molecule has 0 aromatic carbocycles. The first-order valence-electron chi connectivity index (χ1n) is 4.24. The van der Waals surface area contributed by atoms with Crippen LogP contribution in [0, 0.1) is 5.41 Å². The number of aliphatic hydroxyl groups is 1. The highest BCUT2D eigenvalue weighted by molar-refractivity contribution is 5.90. The molecule has 1 aliphatic rings. The highest BCUT2D eigenvalue weighted by Gasteiger charge is 2.37. The van der Waals surface area contributed by atoms with Crippen molar-refractivity contribution in [2.45, 2.75) is 39.7 Å². The first-order chi connectivity index (χ1) is 5.37. The third kappa shape index (κ3) is 1.78. The largest absolute Gasteiger partial charge is 0.392 e. The van der Waals surface area contributed by atoms with Crippen molar-refractivity contribution >= 4 is 5.71 Å². The van der Waals surface area contributed by atoms with Gasteiger partial charge in [-0.15, -0.1) is 0 Å². The Morgan fingerprint density at radius 3 is 2.42 bits per heavy atom. The van der Waals surface area contributed by atoms with Crippen LogP contribution in [0.25, 0.3) is 0 Å². The molecule has 0 amide bonds. The first-order valence-corrected chi connectivity index (χ1v) is 4.24. The number of oxime groups is 1. The van der Waals surface area contributed by atoms with Crippen LogP contribution in [0.1, 0.15) is 34.1 Å². The van der Waals surface area contributed by atoms with Gasteiger partial charge in [-0.05, 0) is 6.92 Å². The molecule has 70 valence electrons. The second-order valence-electron chi connectivity index (χ2n) is 4.66. The molecule has 0 fully saturated rings. The molecule has 1 unspecified atom stereocenters. The number of nitrogens with zero attached hydrogens (tertiary/aromatic N) is 1. The molecule has 0 saturated carbocycles. The predicted octanol–water partition coefficient (Wildman–Crippen LogP) is 1.56. The van der Waals surface area contributed by atoms with Crippen LogP contribution in [0.2, 0.25) is 0 Å². The van der Waals surface area contributed by atoms with Gasteiger partial charge in [0.2, 0.25) is 0 Å². The molecule has 0 spiro atoms. The molecule has 0 aliphatic carbocycles. The predicted molar refractivity (Wildman–Crippen MR) is 48.1 cm³/mol. The van der Waals surface area contributed by atoms with E-state index in [1.807, 2.05) is 6.92 Å². The maximum Gasteiger partial charge on any atom is 0.163 e. The van der Waals surface area contributed by atoms with Gasteiger partial charge in [0.25, 0.3) is 0 Å². The Morgan fingerprint density at radius 2 is 2.17 bits per heavy atom. The maximum atomic E-state index is 9.01. The van der Waals surface area contributed by atoms with Crippen LogP contribution in [0.3, 0.4) is 0 Å². The summed E-state index contributed by atoms with van der Waals surface area (Å²) >= 11 is 0. The zero-order chi connectivity index (χ0) is 9.41. The molecular weight excluding hydrogens is 154 g/mol. The van der Waals surface area contributed by atoms with E-state index in [2.05, 4.69) is 25.9 Å².